The highest BCUT2D eigenvalue weighted by Crippen LogP contribution is 2.32. The Labute approximate surface area is 126 Å². The quantitative estimate of drug-likeness (QED) is 0.838. The van der Waals surface area contributed by atoms with Crippen molar-refractivity contribution >= 4 is 15.9 Å². The molecule has 1 rings (SSSR count). The minimum Gasteiger partial charge on any atom is -0.312 e. The van der Waals surface area contributed by atoms with Crippen LogP contribution in [0.25, 0.3) is 0 Å². The van der Waals surface area contributed by atoms with Gasteiger partial charge >= 0.3 is 0 Å². The molecule has 0 spiro atoms. The predicted molar refractivity (Wildman–Crippen MR) is 85.3 cm³/mol. The van der Waals surface area contributed by atoms with Gasteiger partial charge in [0.05, 0.1) is 22.4 Å². The van der Waals surface area contributed by atoms with E-state index in [4.69, 9.17) is 0 Å². The zero-order chi connectivity index (χ0) is 14.6. The van der Waals surface area contributed by atoms with Gasteiger partial charge in [0.25, 0.3) is 0 Å². The minimum absolute atomic E-state index is 0.356. The predicted octanol–water partition coefficient (Wildman–Crippen LogP) is 4.39. The van der Waals surface area contributed by atoms with Crippen LogP contribution in [0.5, 0.6) is 0 Å². The summed E-state index contributed by atoms with van der Waals surface area (Å²) in [5.41, 5.74) is 1.66. The monoisotopic (exact) mass is 329 g/mol. The molecule has 3 nitrogen and oxygen atoms in total. The molecule has 0 saturated carbocycles. The number of aromatic nitrogens is 2. The Morgan fingerprint density at radius 3 is 2.53 bits per heavy atom. The van der Waals surface area contributed by atoms with Crippen LogP contribution in [0.15, 0.2) is 10.7 Å². The summed E-state index contributed by atoms with van der Waals surface area (Å²) in [5.74, 6) is 0.685. The van der Waals surface area contributed by atoms with E-state index >= 15 is 0 Å². The summed E-state index contributed by atoms with van der Waals surface area (Å²) in [6.07, 6.45) is 4.28. The van der Waals surface area contributed by atoms with Crippen LogP contribution in [0.1, 0.15) is 59.2 Å². The first-order valence-electron chi connectivity index (χ1n) is 7.17. The maximum atomic E-state index is 4.41. The third kappa shape index (κ3) is 4.92. The first-order chi connectivity index (χ1) is 8.78. The SMILES string of the molecule is CCn1ncc(Br)c1C(CC(C)CC(C)(C)C)NC. The van der Waals surface area contributed by atoms with Crippen LogP contribution in [0.3, 0.4) is 0 Å². The van der Waals surface area contributed by atoms with Gasteiger partial charge in [-0.1, -0.05) is 27.7 Å². The first kappa shape index (κ1) is 16.7. The lowest BCUT2D eigenvalue weighted by atomic mass is 9.82. The van der Waals surface area contributed by atoms with Crippen LogP contribution in [0.2, 0.25) is 0 Å². The van der Waals surface area contributed by atoms with Gasteiger partial charge < -0.3 is 5.32 Å². The average molecular weight is 330 g/mol. The van der Waals surface area contributed by atoms with Crippen LogP contribution in [0, 0.1) is 11.3 Å². The molecule has 2 unspecified atom stereocenters. The Balaban J connectivity index is 2.80. The van der Waals surface area contributed by atoms with Gasteiger partial charge in [-0.05, 0) is 54.1 Å². The molecular weight excluding hydrogens is 302 g/mol. The molecule has 110 valence electrons. The van der Waals surface area contributed by atoms with Crippen LogP contribution >= 0.6 is 15.9 Å². The average Bonchev–Trinajstić information content (AvgIpc) is 2.65. The van der Waals surface area contributed by atoms with E-state index in [-0.39, 0.29) is 0 Å². The van der Waals surface area contributed by atoms with Crippen molar-refractivity contribution in [1.82, 2.24) is 15.1 Å². The maximum absolute atomic E-state index is 4.41. The normalized spacial score (nSPS) is 15.5. The topological polar surface area (TPSA) is 29.9 Å². The molecule has 1 heterocycles. The number of rotatable bonds is 6. The summed E-state index contributed by atoms with van der Waals surface area (Å²) in [4.78, 5) is 0. The van der Waals surface area contributed by atoms with Crippen molar-refractivity contribution in [2.75, 3.05) is 7.05 Å². The Bertz CT molecular complexity index is 393. The standard InChI is InChI=1S/C15H28BrN3/c1-7-19-14(12(16)10-18-19)13(17-6)8-11(2)9-15(3,4)5/h10-11,13,17H,7-9H2,1-6H3. The zero-order valence-electron chi connectivity index (χ0n) is 13.1. The lowest BCUT2D eigenvalue weighted by Crippen LogP contribution is -2.24. The Morgan fingerprint density at radius 2 is 2.05 bits per heavy atom. The van der Waals surface area contributed by atoms with Gasteiger partial charge in [-0.2, -0.15) is 5.10 Å². The summed E-state index contributed by atoms with van der Waals surface area (Å²) in [7, 11) is 2.04. The lowest BCUT2D eigenvalue weighted by molar-refractivity contribution is 0.275. The summed E-state index contributed by atoms with van der Waals surface area (Å²) in [6, 6.07) is 0.356. The summed E-state index contributed by atoms with van der Waals surface area (Å²) in [6.45, 7) is 12.3. The molecule has 1 N–H and O–H groups in total. The molecular formula is C15H28BrN3. The molecule has 0 aliphatic rings. The number of nitrogens with one attached hydrogen (secondary N) is 1. The highest BCUT2D eigenvalue weighted by atomic mass is 79.9. The second-order valence-electron chi connectivity index (χ2n) is 6.64. The van der Waals surface area contributed by atoms with Crippen LogP contribution in [-0.2, 0) is 6.54 Å². The molecule has 1 aromatic rings. The van der Waals surface area contributed by atoms with Crippen molar-refractivity contribution in [1.29, 1.82) is 0 Å². The van der Waals surface area contributed by atoms with Gasteiger partial charge in [0.15, 0.2) is 0 Å². The molecule has 0 bridgehead atoms. The molecule has 0 radical (unpaired) electrons. The van der Waals surface area contributed by atoms with E-state index in [9.17, 15) is 0 Å². The van der Waals surface area contributed by atoms with Gasteiger partial charge in [-0.3, -0.25) is 4.68 Å². The third-order valence-electron chi connectivity index (χ3n) is 3.41. The molecule has 0 fully saturated rings. The second-order valence-corrected chi connectivity index (χ2v) is 7.49. The van der Waals surface area contributed by atoms with Crippen molar-refractivity contribution < 1.29 is 0 Å². The van der Waals surface area contributed by atoms with Crippen molar-refractivity contribution in [3.63, 3.8) is 0 Å². The second kappa shape index (κ2) is 6.89. The smallest absolute Gasteiger partial charge is 0.0695 e. The molecule has 4 heteroatoms. The zero-order valence-corrected chi connectivity index (χ0v) is 14.7. The van der Waals surface area contributed by atoms with E-state index in [2.05, 4.69) is 65.6 Å². The highest BCUT2D eigenvalue weighted by molar-refractivity contribution is 9.10. The molecule has 2 atom stereocenters. The van der Waals surface area contributed by atoms with Crippen molar-refractivity contribution in [3.8, 4) is 0 Å². The fourth-order valence-corrected chi connectivity index (χ4v) is 3.44. The Morgan fingerprint density at radius 1 is 1.42 bits per heavy atom. The maximum Gasteiger partial charge on any atom is 0.0695 e. The van der Waals surface area contributed by atoms with E-state index in [1.165, 1.54) is 12.1 Å². The van der Waals surface area contributed by atoms with E-state index < -0.39 is 0 Å². The summed E-state index contributed by atoms with van der Waals surface area (Å²) < 4.78 is 3.19. The third-order valence-corrected chi connectivity index (χ3v) is 4.02. The first-order valence-corrected chi connectivity index (χ1v) is 7.96. The van der Waals surface area contributed by atoms with Gasteiger partial charge in [-0.25, -0.2) is 0 Å². The van der Waals surface area contributed by atoms with Gasteiger partial charge in [0.2, 0.25) is 0 Å². The van der Waals surface area contributed by atoms with E-state index in [0.717, 1.165) is 17.4 Å². The Hall–Kier alpha value is -0.350. The van der Waals surface area contributed by atoms with E-state index in [0.29, 0.717) is 17.4 Å². The number of halogens is 1. The van der Waals surface area contributed by atoms with Gasteiger partial charge in [0.1, 0.15) is 0 Å². The fourth-order valence-electron chi connectivity index (χ4n) is 2.87. The molecule has 1 aromatic heterocycles. The number of hydrogen-bond donors (Lipinski definition) is 1. The van der Waals surface area contributed by atoms with Crippen LogP contribution in [-0.4, -0.2) is 16.8 Å². The highest BCUT2D eigenvalue weighted by Gasteiger charge is 2.23. The van der Waals surface area contributed by atoms with Crippen molar-refractivity contribution in [2.45, 2.75) is 60.0 Å². The molecule has 0 amide bonds. The molecule has 19 heavy (non-hydrogen) atoms. The Kier molecular flexibility index (Phi) is 6.06. The lowest BCUT2D eigenvalue weighted by Gasteiger charge is -2.27. The van der Waals surface area contributed by atoms with E-state index in [1.54, 1.807) is 0 Å². The molecule has 0 aliphatic heterocycles. The fraction of sp³-hybridized carbons (Fsp3) is 0.800. The molecule has 0 aromatic carbocycles. The molecule has 0 aliphatic carbocycles. The molecule has 0 saturated heterocycles. The van der Waals surface area contributed by atoms with Gasteiger partial charge in [0, 0.05) is 6.54 Å². The van der Waals surface area contributed by atoms with Crippen molar-refractivity contribution in [2.24, 2.45) is 11.3 Å². The van der Waals surface area contributed by atoms with Crippen LogP contribution in [0.4, 0.5) is 0 Å². The number of aryl methyl sites for hydroxylation is 1. The number of hydrogen-bond acceptors (Lipinski definition) is 2. The minimum atomic E-state index is 0.356. The largest absolute Gasteiger partial charge is 0.312 e. The summed E-state index contributed by atoms with van der Waals surface area (Å²) >= 11 is 3.63. The van der Waals surface area contributed by atoms with E-state index in [1.807, 2.05) is 13.2 Å². The van der Waals surface area contributed by atoms with Crippen LogP contribution < -0.4 is 5.32 Å². The van der Waals surface area contributed by atoms with Crippen molar-refractivity contribution in [3.05, 3.63) is 16.4 Å². The van der Waals surface area contributed by atoms with Gasteiger partial charge in [-0.15, -0.1) is 0 Å². The number of nitrogens with zero attached hydrogens (tertiary/aromatic N) is 2. The summed E-state index contributed by atoms with van der Waals surface area (Å²) in [5, 5.41) is 7.86.